The fourth-order valence-corrected chi connectivity index (χ4v) is 2.65. The number of carbonyl (C=O) groups is 1. The van der Waals surface area contributed by atoms with Crippen molar-refractivity contribution in [2.45, 2.75) is 31.4 Å². The molecule has 8 nitrogen and oxygen atoms in total. The Morgan fingerprint density at radius 1 is 1.45 bits per heavy atom. The van der Waals surface area contributed by atoms with Gasteiger partial charge in [-0.1, -0.05) is 12.1 Å². The molecule has 1 heterocycles. The molecule has 2 rings (SSSR count). The van der Waals surface area contributed by atoms with Crippen molar-refractivity contribution in [3.63, 3.8) is 0 Å². The topological polar surface area (TPSA) is 119 Å². The van der Waals surface area contributed by atoms with Gasteiger partial charge in [-0.15, -0.1) is 12.4 Å². The summed E-state index contributed by atoms with van der Waals surface area (Å²) >= 11 is 0. The molecule has 0 aliphatic carbocycles. The van der Waals surface area contributed by atoms with Gasteiger partial charge in [-0.05, 0) is 24.8 Å². The van der Waals surface area contributed by atoms with Crippen LogP contribution in [0.4, 0.5) is 10.5 Å². The highest BCUT2D eigenvalue weighted by Gasteiger charge is 2.35. The molecule has 3 N–H and O–H groups in total. The fraction of sp³-hybridized carbons (Fsp3) is 0.462. The first-order valence-corrected chi connectivity index (χ1v) is 6.61. The summed E-state index contributed by atoms with van der Waals surface area (Å²) in [6.07, 6.45) is 0.420. The molecule has 1 saturated heterocycles. The van der Waals surface area contributed by atoms with Crippen LogP contribution < -0.4 is 5.90 Å². The monoisotopic (exact) mass is 331 g/mol. The largest absolute Gasteiger partial charge is 0.465 e. The maximum atomic E-state index is 11.3. The van der Waals surface area contributed by atoms with E-state index in [-0.39, 0.29) is 30.2 Å². The molecule has 2 atom stereocenters. The van der Waals surface area contributed by atoms with Gasteiger partial charge in [-0.25, -0.2) is 10.7 Å². The first-order chi connectivity index (χ1) is 10.0. The Labute approximate surface area is 133 Å². The molecular formula is C13H18ClN3O5. The highest BCUT2D eigenvalue weighted by Crippen LogP contribution is 2.24. The van der Waals surface area contributed by atoms with Crippen LogP contribution in [-0.4, -0.2) is 39.7 Å². The minimum absolute atomic E-state index is 0. The van der Waals surface area contributed by atoms with Crippen LogP contribution in [0.25, 0.3) is 0 Å². The van der Waals surface area contributed by atoms with E-state index in [1.807, 2.05) is 0 Å². The quantitative estimate of drug-likeness (QED) is 0.643. The highest BCUT2D eigenvalue weighted by molar-refractivity contribution is 5.85. The number of hydrogen-bond donors (Lipinski definition) is 2. The Bertz CT molecular complexity index is 525. The van der Waals surface area contributed by atoms with Gasteiger partial charge in [0.1, 0.15) is 0 Å². The van der Waals surface area contributed by atoms with E-state index in [9.17, 15) is 20.0 Å². The zero-order chi connectivity index (χ0) is 15.4. The van der Waals surface area contributed by atoms with Crippen LogP contribution in [0.5, 0.6) is 0 Å². The molecule has 122 valence electrons. The normalized spacial score (nSPS) is 21.0. The Kier molecular flexibility index (Phi) is 6.54. The summed E-state index contributed by atoms with van der Waals surface area (Å²) in [7, 11) is 0. The molecule has 1 aliphatic heterocycles. The SMILES string of the molecule is Cl.NOC1CCCN(C(=O)O)[C@@H]1Cc1ccc([N+](=O)[O-])cc1. The zero-order valence-corrected chi connectivity index (χ0v) is 12.6. The van der Waals surface area contributed by atoms with Crippen LogP contribution in [0.15, 0.2) is 24.3 Å². The van der Waals surface area contributed by atoms with E-state index in [0.29, 0.717) is 25.8 Å². The van der Waals surface area contributed by atoms with Crippen molar-refractivity contribution in [2.75, 3.05) is 6.54 Å². The number of non-ortho nitro benzene ring substituents is 1. The Morgan fingerprint density at radius 3 is 2.59 bits per heavy atom. The summed E-state index contributed by atoms with van der Waals surface area (Å²) in [4.78, 5) is 27.7. The molecule has 1 fully saturated rings. The number of nitrogens with two attached hydrogens (primary N) is 1. The van der Waals surface area contributed by atoms with Crippen LogP contribution >= 0.6 is 12.4 Å². The first kappa shape index (κ1) is 18.1. The number of nitro benzene ring substituents is 1. The number of piperidine rings is 1. The summed E-state index contributed by atoms with van der Waals surface area (Å²) in [5, 5.41) is 19.9. The molecule has 0 radical (unpaired) electrons. The van der Waals surface area contributed by atoms with Gasteiger partial charge in [-0.3, -0.25) is 15.0 Å². The molecule has 9 heteroatoms. The van der Waals surface area contributed by atoms with Crippen molar-refractivity contribution in [3.05, 3.63) is 39.9 Å². The lowest BCUT2D eigenvalue weighted by atomic mass is 9.93. The number of benzene rings is 1. The third-order valence-corrected chi connectivity index (χ3v) is 3.73. The predicted molar refractivity (Wildman–Crippen MR) is 80.9 cm³/mol. The Morgan fingerprint density at radius 2 is 2.09 bits per heavy atom. The first-order valence-electron chi connectivity index (χ1n) is 6.61. The van der Waals surface area contributed by atoms with Crippen molar-refractivity contribution >= 4 is 24.2 Å². The van der Waals surface area contributed by atoms with E-state index in [1.54, 1.807) is 12.1 Å². The van der Waals surface area contributed by atoms with E-state index >= 15 is 0 Å². The van der Waals surface area contributed by atoms with Crippen LogP contribution in [0.3, 0.4) is 0 Å². The maximum absolute atomic E-state index is 11.3. The molecule has 0 spiro atoms. The molecule has 1 aliphatic rings. The summed E-state index contributed by atoms with van der Waals surface area (Å²) in [6.45, 7) is 0.437. The molecule has 1 unspecified atom stereocenters. The smallest absolute Gasteiger partial charge is 0.407 e. The number of nitro groups is 1. The van der Waals surface area contributed by atoms with E-state index in [4.69, 9.17) is 10.7 Å². The van der Waals surface area contributed by atoms with E-state index in [2.05, 4.69) is 0 Å². The van der Waals surface area contributed by atoms with Gasteiger partial charge in [-0.2, -0.15) is 0 Å². The number of rotatable bonds is 4. The summed E-state index contributed by atoms with van der Waals surface area (Å²) in [5.41, 5.74) is 0.810. The average molecular weight is 332 g/mol. The van der Waals surface area contributed by atoms with Crippen molar-refractivity contribution in [1.82, 2.24) is 4.90 Å². The van der Waals surface area contributed by atoms with Crippen LogP contribution in [-0.2, 0) is 11.3 Å². The molecule has 1 amide bonds. The molecule has 0 bridgehead atoms. The second-order valence-electron chi connectivity index (χ2n) is 4.99. The molecule has 1 aromatic carbocycles. The molecule has 0 aromatic heterocycles. The van der Waals surface area contributed by atoms with E-state index in [0.717, 1.165) is 5.56 Å². The van der Waals surface area contributed by atoms with Crippen LogP contribution in [0.2, 0.25) is 0 Å². The number of amides is 1. The lowest BCUT2D eigenvalue weighted by Crippen LogP contribution is -2.53. The number of likely N-dealkylation sites (tertiary alicyclic amines) is 1. The average Bonchev–Trinajstić information content (AvgIpc) is 2.47. The molecule has 22 heavy (non-hydrogen) atoms. The minimum Gasteiger partial charge on any atom is -0.465 e. The predicted octanol–water partition coefficient (Wildman–Crippen LogP) is 1.96. The van der Waals surface area contributed by atoms with Gasteiger partial charge in [0.25, 0.3) is 5.69 Å². The molecule has 0 saturated carbocycles. The molecular weight excluding hydrogens is 314 g/mol. The summed E-state index contributed by atoms with van der Waals surface area (Å²) in [5.74, 6) is 5.26. The number of halogens is 1. The second-order valence-corrected chi connectivity index (χ2v) is 4.99. The van der Waals surface area contributed by atoms with E-state index < -0.39 is 11.0 Å². The lowest BCUT2D eigenvalue weighted by molar-refractivity contribution is -0.384. The summed E-state index contributed by atoms with van der Waals surface area (Å²) < 4.78 is 0. The third kappa shape index (κ3) is 4.06. The van der Waals surface area contributed by atoms with Gasteiger partial charge in [0, 0.05) is 18.7 Å². The van der Waals surface area contributed by atoms with E-state index in [1.165, 1.54) is 17.0 Å². The molecule has 1 aromatic rings. The second kappa shape index (κ2) is 7.92. The van der Waals surface area contributed by atoms with Crippen LogP contribution in [0, 0.1) is 10.1 Å². The maximum Gasteiger partial charge on any atom is 0.407 e. The van der Waals surface area contributed by atoms with Gasteiger partial charge < -0.3 is 10.0 Å². The number of hydrogen-bond acceptors (Lipinski definition) is 5. The highest BCUT2D eigenvalue weighted by atomic mass is 35.5. The standard InChI is InChI=1S/C13H17N3O5.ClH/c14-21-12-2-1-7-15(13(17)18)11(12)8-9-3-5-10(6-4-9)16(19)20;/h3-6,11-12H,1-2,7-8,14H2,(H,17,18);1H/t11-,12?;/m1./s1. The van der Waals surface area contributed by atoms with Gasteiger partial charge in [0.2, 0.25) is 0 Å². The Balaban J connectivity index is 0.00000242. The lowest BCUT2D eigenvalue weighted by Gasteiger charge is -2.38. The minimum atomic E-state index is -1.01. The zero-order valence-electron chi connectivity index (χ0n) is 11.8. The number of nitrogens with zero attached hydrogens (tertiary/aromatic N) is 2. The summed E-state index contributed by atoms with van der Waals surface area (Å²) in [6, 6.07) is 5.67. The van der Waals surface area contributed by atoms with Crippen molar-refractivity contribution < 1.29 is 19.7 Å². The van der Waals surface area contributed by atoms with Crippen molar-refractivity contribution in [1.29, 1.82) is 0 Å². The van der Waals surface area contributed by atoms with Gasteiger partial charge >= 0.3 is 6.09 Å². The number of carboxylic acid groups (broad SMARTS) is 1. The van der Waals surface area contributed by atoms with Crippen LogP contribution in [0.1, 0.15) is 18.4 Å². The van der Waals surface area contributed by atoms with Crippen molar-refractivity contribution in [2.24, 2.45) is 5.90 Å². The van der Waals surface area contributed by atoms with Gasteiger partial charge in [0.15, 0.2) is 0 Å². The third-order valence-electron chi connectivity index (χ3n) is 3.73. The fourth-order valence-electron chi connectivity index (χ4n) is 2.65. The van der Waals surface area contributed by atoms with Gasteiger partial charge in [0.05, 0.1) is 17.1 Å². The van der Waals surface area contributed by atoms with Crippen molar-refractivity contribution in [3.8, 4) is 0 Å². The Hall–Kier alpha value is -1.90.